The molecule has 0 spiro atoms. The molecule has 0 aromatic carbocycles. The lowest BCUT2D eigenvalue weighted by atomic mass is 9.98. The van der Waals surface area contributed by atoms with Crippen LogP contribution in [0.5, 0.6) is 0 Å². The summed E-state index contributed by atoms with van der Waals surface area (Å²) >= 11 is 0. The van der Waals surface area contributed by atoms with E-state index in [1.54, 1.807) is 0 Å². The van der Waals surface area contributed by atoms with Crippen molar-refractivity contribution >= 4 is 0 Å². The molecule has 2 unspecified atom stereocenters. The molecule has 15 heavy (non-hydrogen) atoms. The van der Waals surface area contributed by atoms with Crippen LogP contribution in [0.25, 0.3) is 0 Å². The molecule has 0 aromatic heterocycles. The molecule has 1 nitrogen and oxygen atoms in total. The zero-order valence-electron chi connectivity index (χ0n) is 11.5. The molecule has 0 aliphatic rings. The first-order chi connectivity index (χ1) is 7.13. The highest BCUT2D eigenvalue weighted by molar-refractivity contribution is 4.72. The smallest absolute Gasteiger partial charge is 0.00693 e. The van der Waals surface area contributed by atoms with Gasteiger partial charge in [-0.25, -0.2) is 0 Å². The maximum atomic E-state index is 3.78. The second-order valence-corrected chi connectivity index (χ2v) is 5.09. The molecule has 0 saturated heterocycles. The standard InChI is InChI=1S/C14H31N/c1-6-9-14(10-7-2)15-13(5)11-12(4)8-3/h12-15H,6-11H2,1-5H3. The molecule has 92 valence electrons. The first-order valence-electron chi connectivity index (χ1n) is 6.89. The van der Waals surface area contributed by atoms with E-state index in [1.165, 1.54) is 38.5 Å². The first-order valence-corrected chi connectivity index (χ1v) is 6.89. The fourth-order valence-electron chi connectivity index (χ4n) is 2.25. The second kappa shape index (κ2) is 9.21. The van der Waals surface area contributed by atoms with Gasteiger partial charge in [0.15, 0.2) is 0 Å². The summed E-state index contributed by atoms with van der Waals surface area (Å²) in [6.45, 7) is 11.5. The van der Waals surface area contributed by atoms with E-state index in [0.717, 1.165) is 12.0 Å². The summed E-state index contributed by atoms with van der Waals surface area (Å²) in [5.74, 6) is 0.858. The molecule has 0 bridgehead atoms. The third-order valence-electron chi connectivity index (χ3n) is 3.25. The lowest BCUT2D eigenvalue weighted by molar-refractivity contribution is 0.347. The Morgan fingerprint density at radius 2 is 1.47 bits per heavy atom. The first kappa shape index (κ1) is 15.0. The zero-order chi connectivity index (χ0) is 11.7. The molecular formula is C14H31N. The molecule has 0 aromatic rings. The van der Waals surface area contributed by atoms with Gasteiger partial charge in [0.25, 0.3) is 0 Å². The van der Waals surface area contributed by atoms with Crippen LogP contribution in [0.3, 0.4) is 0 Å². The Hall–Kier alpha value is -0.0400. The zero-order valence-corrected chi connectivity index (χ0v) is 11.5. The van der Waals surface area contributed by atoms with Crippen molar-refractivity contribution in [3.8, 4) is 0 Å². The monoisotopic (exact) mass is 213 g/mol. The summed E-state index contributed by atoms with van der Waals surface area (Å²) in [5, 5.41) is 3.78. The van der Waals surface area contributed by atoms with Crippen LogP contribution >= 0.6 is 0 Å². The number of hydrogen-bond acceptors (Lipinski definition) is 1. The maximum Gasteiger partial charge on any atom is 0.00693 e. The SMILES string of the molecule is CCCC(CCC)NC(C)CC(C)CC. The number of rotatable bonds is 9. The van der Waals surface area contributed by atoms with Crippen molar-refractivity contribution in [2.75, 3.05) is 0 Å². The molecular weight excluding hydrogens is 182 g/mol. The van der Waals surface area contributed by atoms with Crippen LogP contribution in [0.15, 0.2) is 0 Å². The van der Waals surface area contributed by atoms with Crippen molar-refractivity contribution in [1.29, 1.82) is 0 Å². The van der Waals surface area contributed by atoms with Gasteiger partial charge in [-0.15, -0.1) is 0 Å². The molecule has 2 atom stereocenters. The topological polar surface area (TPSA) is 12.0 Å². The van der Waals surface area contributed by atoms with E-state index >= 15 is 0 Å². The van der Waals surface area contributed by atoms with Crippen LogP contribution in [0.4, 0.5) is 0 Å². The van der Waals surface area contributed by atoms with Gasteiger partial charge >= 0.3 is 0 Å². The molecule has 0 amide bonds. The average Bonchev–Trinajstić information content (AvgIpc) is 2.18. The Morgan fingerprint density at radius 3 is 1.87 bits per heavy atom. The molecule has 0 aliphatic heterocycles. The number of hydrogen-bond donors (Lipinski definition) is 1. The second-order valence-electron chi connectivity index (χ2n) is 5.09. The van der Waals surface area contributed by atoms with Crippen molar-refractivity contribution in [2.24, 2.45) is 5.92 Å². The minimum Gasteiger partial charge on any atom is -0.311 e. The Kier molecular flexibility index (Phi) is 9.18. The molecule has 0 radical (unpaired) electrons. The van der Waals surface area contributed by atoms with Gasteiger partial charge in [-0.2, -0.15) is 0 Å². The lowest BCUT2D eigenvalue weighted by Crippen LogP contribution is -2.37. The van der Waals surface area contributed by atoms with Crippen molar-refractivity contribution in [2.45, 2.75) is 85.2 Å². The Bertz CT molecular complexity index is 127. The predicted molar refractivity (Wildman–Crippen MR) is 70.3 cm³/mol. The summed E-state index contributed by atoms with van der Waals surface area (Å²) in [4.78, 5) is 0. The van der Waals surface area contributed by atoms with Crippen molar-refractivity contribution < 1.29 is 0 Å². The van der Waals surface area contributed by atoms with Crippen molar-refractivity contribution in [3.05, 3.63) is 0 Å². The third-order valence-corrected chi connectivity index (χ3v) is 3.25. The summed E-state index contributed by atoms with van der Waals surface area (Å²) in [6, 6.07) is 1.43. The van der Waals surface area contributed by atoms with E-state index < -0.39 is 0 Å². The molecule has 0 fully saturated rings. The molecule has 1 heteroatoms. The van der Waals surface area contributed by atoms with Gasteiger partial charge in [-0.1, -0.05) is 47.0 Å². The highest BCUT2D eigenvalue weighted by Crippen LogP contribution is 2.12. The van der Waals surface area contributed by atoms with E-state index in [4.69, 9.17) is 0 Å². The molecule has 0 heterocycles. The largest absolute Gasteiger partial charge is 0.311 e. The quantitative estimate of drug-likeness (QED) is 0.600. The summed E-state index contributed by atoms with van der Waals surface area (Å²) in [5.41, 5.74) is 0. The van der Waals surface area contributed by atoms with E-state index in [2.05, 4.69) is 39.9 Å². The fourth-order valence-corrected chi connectivity index (χ4v) is 2.25. The predicted octanol–water partition coefficient (Wildman–Crippen LogP) is 4.37. The van der Waals surface area contributed by atoms with Gasteiger partial charge in [0, 0.05) is 12.1 Å². The van der Waals surface area contributed by atoms with Gasteiger partial charge < -0.3 is 5.32 Å². The molecule has 0 rings (SSSR count). The summed E-state index contributed by atoms with van der Waals surface area (Å²) in [6.07, 6.45) is 7.89. The van der Waals surface area contributed by atoms with Crippen LogP contribution in [0.1, 0.15) is 73.1 Å². The van der Waals surface area contributed by atoms with Crippen LogP contribution < -0.4 is 5.32 Å². The molecule has 0 aliphatic carbocycles. The number of nitrogens with one attached hydrogen (secondary N) is 1. The maximum absolute atomic E-state index is 3.78. The van der Waals surface area contributed by atoms with Crippen molar-refractivity contribution in [3.63, 3.8) is 0 Å². The van der Waals surface area contributed by atoms with Crippen LogP contribution in [-0.4, -0.2) is 12.1 Å². The fraction of sp³-hybridized carbons (Fsp3) is 1.00. The van der Waals surface area contributed by atoms with Gasteiger partial charge in [0.1, 0.15) is 0 Å². The van der Waals surface area contributed by atoms with Crippen LogP contribution in [0.2, 0.25) is 0 Å². The van der Waals surface area contributed by atoms with Gasteiger partial charge in [0.2, 0.25) is 0 Å². The summed E-state index contributed by atoms with van der Waals surface area (Å²) in [7, 11) is 0. The van der Waals surface area contributed by atoms with Crippen LogP contribution in [0, 0.1) is 5.92 Å². The van der Waals surface area contributed by atoms with E-state index in [0.29, 0.717) is 6.04 Å². The van der Waals surface area contributed by atoms with E-state index in [9.17, 15) is 0 Å². The normalized spacial score (nSPS) is 15.6. The van der Waals surface area contributed by atoms with Gasteiger partial charge in [0.05, 0.1) is 0 Å². The molecule has 1 N–H and O–H groups in total. The summed E-state index contributed by atoms with van der Waals surface area (Å²) < 4.78 is 0. The minimum atomic E-state index is 0.683. The Morgan fingerprint density at radius 1 is 0.933 bits per heavy atom. The van der Waals surface area contributed by atoms with Gasteiger partial charge in [-0.05, 0) is 32.1 Å². The highest BCUT2D eigenvalue weighted by Gasteiger charge is 2.12. The Balaban J connectivity index is 3.81. The van der Waals surface area contributed by atoms with Gasteiger partial charge in [-0.3, -0.25) is 0 Å². The lowest BCUT2D eigenvalue weighted by Gasteiger charge is -2.24. The average molecular weight is 213 g/mol. The third kappa shape index (κ3) is 7.84. The van der Waals surface area contributed by atoms with Crippen LogP contribution in [-0.2, 0) is 0 Å². The van der Waals surface area contributed by atoms with E-state index in [1.807, 2.05) is 0 Å². The minimum absolute atomic E-state index is 0.683. The van der Waals surface area contributed by atoms with Crippen molar-refractivity contribution in [1.82, 2.24) is 5.32 Å². The molecule has 0 saturated carbocycles. The highest BCUT2D eigenvalue weighted by atomic mass is 14.9. The Labute approximate surface area is 97.0 Å². The van der Waals surface area contributed by atoms with E-state index in [-0.39, 0.29) is 0 Å².